The molecule has 0 atom stereocenters. The van der Waals surface area contributed by atoms with Crippen LogP contribution in [0.2, 0.25) is 0 Å². The minimum Gasteiger partial charge on any atom is -0.493 e. The molecule has 1 rings (SSSR count). The Morgan fingerprint density at radius 2 is 1.65 bits per heavy atom. The molecule has 0 amide bonds. The van der Waals surface area contributed by atoms with Gasteiger partial charge in [-0.25, -0.2) is 4.18 Å². The molecular weight excluding hydrogens is 244 g/mol. The number of para-hydroxylation sites is 2. The molecule has 0 fully saturated rings. The van der Waals surface area contributed by atoms with E-state index in [0.29, 0.717) is 11.5 Å². The molecule has 1 aromatic carbocycles. The van der Waals surface area contributed by atoms with Crippen molar-refractivity contribution in [2.75, 3.05) is 13.4 Å². The number of ether oxygens (including phenoxy) is 2. The Balaban J connectivity index is 2.90. The van der Waals surface area contributed by atoms with Crippen molar-refractivity contribution in [3.63, 3.8) is 0 Å². The molecule has 0 unspecified atom stereocenters. The normalized spacial score (nSPS) is 12.2. The van der Waals surface area contributed by atoms with Crippen molar-refractivity contribution in [2.45, 2.75) is 19.6 Å². The largest absolute Gasteiger partial charge is 0.493 e. The summed E-state index contributed by atoms with van der Waals surface area (Å²) in [5.74, 6) is -0.358. The molecule has 5 nitrogen and oxygen atoms in total. The molecular formula is C11H16O5S. The predicted octanol–water partition coefficient (Wildman–Crippen LogP) is 1.79. The molecule has 0 saturated carbocycles. The minimum atomic E-state index is -3.59. The zero-order valence-electron chi connectivity index (χ0n) is 10.3. The Kier molecular flexibility index (Phi) is 4.00. The van der Waals surface area contributed by atoms with Crippen LogP contribution in [-0.4, -0.2) is 27.6 Å². The SMILES string of the molecule is COc1ccccc1OC(C)(C)OS(C)(=O)=O. The average molecular weight is 260 g/mol. The topological polar surface area (TPSA) is 61.8 Å². The highest BCUT2D eigenvalue weighted by molar-refractivity contribution is 7.86. The number of hydrogen-bond acceptors (Lipinski definition) is 5. The van der Waals surface area contributed by atoms with Crippen LogP contribution in [0.4, 0.5) is 0 Å². The van der Waals surface area contributed by atoms with Crippen molar-refractivity contribution in [1.29, 1.82) is 0 Å². The van der Waals surface area contributed by atoms with Crippen LogP contribution in [0, 0.1) is 0 Å². The fourth-order valence-electron chi connectivity index (χ4n) is 1.35. The quantitative estimate of drug-likeness (QED) is 0.596. The lowest BCUT2D eigenvalue weighted by Gasteiger charge is -2.25. The highest BCUT2D eigenvalue weighted by Crippen LogP contribution is 2.30. The molecule has 96 valence electrons. The number of methoxy groups -OCH3 is 1. The van der Waals surface area contributed by atoms with Crippen molar-refractivity contribution in [1.82, 2.24) is 0 Å². The van der Waals surface area contributed by atoms with Crippen molar-refractivity contribution < 1.29 is 22.1 Å². The number of hydrogen-bond donors (Lipinski definition) is 0. The molecule has 6 heteroatoms. The van der Waals surface area contributed by atoms with Crippen LogP contribution in [0.5, 0.6) is 11.5 Å². The summed E-state index contributed by atoms with van der Waals surface area (Å²) in [5.41, 5.74) is 0. The Morgan fingerprint density at radius 3 is 2.12 bits per heavy atom. The summed E-state index contributed by atoms with van der Waals surface area (Å²) in [4.78, 5) is 0. The Labute approximate surface area is 101 Å². The van der Waals surface area contributed by atoms with E-state index >= 15 is 0 Å². The van der Waals surface area contributed by atoms with Crippen LogP contribution >= 0.6 is 0 Å². The van der Waals surface area contributed by atoms with Crippen LogP contribution in [0.25, 0.3) is 0 Å². The van der Waals surface area contributed by atoms with Crippen molar-refractivity contribution >= 4 is 10.1 Å². The maximum atomic E-state index is 11.1. The predicted molar refractivity (Wildman–Crippen MR) is 63.6 cm³/mol. The molecule has 0 spiro atoms. The molecule has 0 radical (unpaired) electrons. The summed E-state index contributed by atoms with van der Waals surface area (Å²) in [6.45, 7) is 3.03. The zero-order valence-corrected chi connectivity index (χ0v) is 11.1. The first kappa shape index (κ1) is 13.8. The Bertz CT molecular complexity index is 478. The number of benzene rings is 1. The molecule has 17 heavy (non-hydrogen) atoms. The van der Waals surface area contributed by atoms with Crippen molar-refractivity contribution in [3.05, 3.63) is 24.3 Å². The van der Waals surface area contributed by atoms with Crippen LogP contribution in [0.1, 0.15) is 13.8 Å². The van der Waals surface area contributed by atoms with E-state index in [-0.39, 0.29) is 0 Å². The van der Waals surface area contributed by atoms with Gasteiger partial charge >= 0.3 is 0 Å². The molecule has 1 aromatic rings. The highest BCUT2D eigenvalue weighted by atomic mass is 32.2. The Morgan fingerprint density at radius 1 is 1.12 bits per heavy atom. The second kappa shape index (κ2) is 4.93. The van der Waals surface area contributed by atoms with Crippen molar-refractivity contribution in [3.8, 4) is 11.5 Å². The first-order valence-electron chi connectivity index (χ1n) is 4.96. The Hall–Kier alpha value is -1.27. The lowest BCUT2D eigenvalue weighted by Crippen LogP contribution is -2.34. The standard InChI is InChI=1S/C11H16O5S/c1-11(2,16-17(4,12)13)15-10-8-6-5-7-9(10)14-3/h5-8H,1-4H3. The summed E-state index contributed by atoms with van der Waals surface area (Å²) in [6.07, 6.45) is 0.973. The molecule has 0 aliphatic heterocycles. The van der Waals surface area contributed by atoms with Crippen LogP contribution in [-0.2, 0) is 14.3 Å². The van der Waals surface area contributed by atoms with E-state index in [1.165, 1.54) is 21.0 Å². The van der Waals surface area contributed by atoms with E-state index in [2.05, 4.69) is 0 Å². The number of rotatable bonds is 5. The molecule has 0 bridgehead atoms. The second-order valence-corrected chi connectivity index (χ2v) is 5.52. The molecule has 0 heterocycles. The van der Waals surface area contributed by atoms with Gasteiger partial charge in [0.2, 0.25) is 5.79 Å². The van der Waals surface area contributed by atoms with Gasteiger partial charge in [0.15, 0.2) is 11.5 Å². The van der Waals surface area contributed by atoms with Gasteiger partial charge in [-0.3, -0.25) is 0 Å². The van der Waals surface area contributed by atoms with Crippen molar-refractivity contribution in [2.24, 2.45) is 0 Å². The first-order chi connectivity index (χ1) is 7.73. The van der Waals surface area contributed by atoms with Gasteiger partial charge in [0.25, 0.3) is 10.1 Å². The van der Waals surface area contributed by atoms with E-state index in [0.717, 1.165) is 6.26 Å². The second-order valence-electron chi connectivity index (χ2n) is 3.94. The lowest BCUT2D eigenvalue weighted by molar-refractivity contribution is -0.0765. The fraction of sp³-hybridized carbons (Fsp3) is 0.455. The highest BCUT2D eigenvalue weighted by Gasteiger charge is 2.27. The van der Waals surface area contributed by atoms with Gasteiger partial charge in [-0.15, -0.1) is 0 Å². The van der Waals surface area contributed by atoms with Gasteiger partial charge < -0.3 is 9.47 Å². The zero-order chi connectivity index (χ0) is 13.1. The van der Waals surface area contributed by atoms with E-state index < -0.39 is 15.9 Å². The summed E-state index contributed by atoms with van der Waals surface area (Å²) in [6, 6.07) is 6.93. The third kappa shape index (κ3) is 4.62. The molecule has 0 aliphatic carbocycles. The van der Waals surface area contributed by atoms with Crippen LogP contribution in [0.3, 0.4) is 0 Å². The minimum absolute atomic E-state index is 0.420. The molecule has 0 aliphatic rings. The maximum absolute atomic E-state index is 11.1. The van der Waals surface area contributed by atoms with E-state index in [1.807, 2.05) is 0 Å². The molecule has 0 saturated heterocycles. The summed E-state index contributed by atoms with van der Waals surface area (Å²) >= 11 is 0. The van der Waals surface area contributed by atoms with Gasteiger partial charge in [0.1, 0.15) is 0 Å². The third-order valence-corrected chi connectivity index (χ3v) is 2.48. The maximum Gasteiger partial charge on any atom is 0.267 e. The monoisotopic (exact) mass is 260 g/mol. The third-order valence-electron chi connectivity index (χ3n) is 1.78. The van der Waals surface area contributed by atoms with Gasteiger partial charge in [-0.05, 0) is 12.1 Å². The van der Waals surface area contributed by atoms with E-state index in [9.17, 15) is 8.42 Å². The van der Waals surface area contributed by atoms with Gasteiger partial charge in [-0.2, -0.15) is 8.42 Å². The molecule has 0 N–H and O–H groups in total. The summed E-state index contributed by atoms with van der Waals surface area (Å²) < 4.78 is 37.5. The van der Waals surface area contributed by atoms with E-state index in [1.54, 1.807) is 24.3 Å². The van der Waals surface area contributed by atoms with Gasteiger partial charge in [0.05, 0.1) is 13.4 Å². The van der Waals surface area contributed by atoms with Crippen LogP contribution in [0.15, 0.2) is 24.3 Å². The smallest absolute Gasteiger partial charge is 0.267 e. The van der Waals surface area contributed by atoms with Gasteiger partial charge in [-0.1, -0.05) is 12.1 Å². The molecule has 0 aromatic heterocycles. The summed E-state index contributed by atoms with van der Waals surface area (Å²) in [5, 5.41) is 0. The van der Waals surface area contributed by atoms with Crippen LogP contribution < -0.4 is 9.47 Å². The average Bonchev–Trinajstić information content (AvgIpc) is 2.14. The fourth-order valence-corrected chi connectivity index (χ4v) is 2.11. The first-order valence-corrected chi connectivity index (χ1v) is 6.78. The summed E-state index contributed by atoms with van der Waals surface area (Å²) in [7, 11) is -2.08. The van der Waals surface area contributed by atoms with Gasteiger partial charge in [0, 0.05) is 13.8 Å². The lowest BCUT2D eigenvalue weighted by atomic mass is 10.3. The van der Waals surface area contributed by atoms with E-state index in [4.69, 9.17) is 13.7 Å².